The van der Waals surface area contributed by atoms with Crippen LogP contribution in [0.3, 0.4) is 0 Å². The lowest BCUT2D eigenvalue weighted by atomic mass is 10.2. The number of nitrogens with zero attached hydrogens (tertiary/aromatic N) is 1. The lowest BCUT2D eigenvalue weighted by Crippen LogP contribution is -2.39. The van der Waals surface area contributed by atoms with Gasteiger partial charge in [-0.1, -0.05) is 51.7 Å². The van der Waals surface area contributed by atoms with E-state index in [0.717, 1.165) is 17.6 Å². The summed E-state index contributed by atoms with van der Waals surface area (Å²) in [7, 11) is 4.62. The van der Waals surface area contributed by atoms with Crippen molar-refractivity contribution in [3.05, 3.63) is 24.3 Å². The highest BCUT2D eigenvalue weighted by Crippen LogP contribution is 2.04. The van der Waals surface area contributed by atoms with Gasteiger partial charge in [0.2, 0.25) is 0 Å². The molecule has 112 valence electrons. The summed E-state index contributed by atoms with van der Waals surface area (Å²) in [4.78, 5) is 0. The number of rotatable bonds is 12. The van der Waals surface area contributed by atoms with E-state index < -0.39 is 0 Å². The van der Waals surface area contributed by atoms with Gasteiger partial charge in [-0.15, -0.1) is 0 Å². The number of allylic oxidation sites excluding steroid dienone is 2. The fraction of sp³-hybridized carbons (Fsp3) is 0.778. The van der Waals surface area contributed by atoms with E-state index in [1.807, 2.05) is 0 Å². The molecule has 0 saturated carbocycles. The van der Waals surface area contributed by atoms with E-state index in [9.17, 15) is 0 Å². The van der Waals surface area contributed by atoms with Crippen LogP contribution in [0.15, 0.2) is 24.3 Å². The quantitative estimate of drug-likeness (QED) is 0.254. The lowest BCUT2D eigenvalue weighted by molar-refractivity contribution is -0.878. The van der Waals surface area contributed by atoms with Crippen LogP contribution in [0, 0.1) is 0 Å². The highest BCUT2D eigenvalue weighted by Gasteiger charge is 2.09. The highest BCUT2D eigenvalue weighted by molar-refractivity contribution is 4.84. The zero-order chi connectivity index (χ0) is 14.4. The van der Waals surface area contributed by atoms with Crippen molar-refractivity contribution < 1.29 is 4.48 Å². The third kappa shape index (κ3) is 13.7. The minimum absolute atomic E-state index is 1.06. The molecule has 0 unspecified atom stereocenters. The Hall–Kier alpha value is -0.560. The van der Waals surface area contributed by atoms with Crippen molar-refractivity contribution in [3.63, 3.8) is 0 Å². The third-order valence-corrected chi connectivity index (χ3v) is 3.48. The van der Waals surface area contributed by atoms with Crippen molar-refractivity contribution in [2.45, 2.75) is 65.2 Å². The van der Waals surface area contributed by atoms with E-state index in [1.165, 1.54) is 51.4 Å². The minimum atomic E-state index is 1.06. The molecule has 0 fully saturated rings. The Morgan fingerprint density at radius 1 is 0.632 bits per heavy atom. The molecule has 0 aromatic rings. The maximum atomic E-state index is 2.36. The Balaban J connectivity index is 3.66. The first-order valence-electron chi connectivity index (χ1n) is 8.24. The smallest absolute Gasteiger partial charge is 0.0972 e. The van der Waals surface area contributed by atoms with E-state index in [1.54, 1.807) is 0 Å². The van der Waals surface area contributed by atoms with Crippen LogP contribution in [0.1, 0.15) is 65.2 Å². The Morgan fingerprint density at radius 3 is 1.42 bits per heavy atom. The summed E-state index contributed by atoms with van der Waals surface area (Å²) in [5.41, 5.74) is 0. The zero-order valence-electron chi connectivity index (χ0n) is 13.8. The molecule has 0 aromatic heterocycles. The van der Waals surface area contributed by atoms with E-state index >= 15 is 0 Å². The van der Waals surface area contributed by atoms with Crippen LogP contribution in [0.5, 0.6) is 0 Å². The predicted molar refractivity (Wildman–Crippen MR) is 88.4 cm³/mol. The Bertz CT molecular complexity index is 214. The number of hydrogen-bond acceptors (Lipinski definition) is 0. The second kappa shape index (κ2) is 12.5. The van der Waals surface area contributed by atoms with E-state index in [-0.39, 0.29) is 0 Å². The predicted octanol–water partition coefficient (Wildman–Crippen LogP) is 5.34. The second-order valence-corrected chi connectivity index (χ2v) is 6.24. The second-order valence-electron chi connectivity index (χ2n) is 6.24. The first-order chi connectivity index (χ1) is 9.12. The average Bonchev–Trinajstić information content (AvgIpc) is 2.38. The first kappa shape index (κ1) is 18.4. The molecule has 0 aliphatic carbocycles. The lowest BCUT2D eigenvalue weighted by Gasteiger charge is -2.26. The van der Waals surface area contributed by atoms with Gasteiger partial charge >= 0.3 is 0 Å². The topological polar surface area (TPSA) is 0 Å². The van der Waals surface area contributed by atoms with Gasteiger partial charge in [0.15, 0.2) is 0 Å². The van der Waals surface area contributed by atoms with Crippen molar-refractivity contribution in [1.29, 1.82) is 0 Å². The van der Waals surface area contributed by atoms with Crippen LogP contribution in [-0.2, 0) is 0 Å². The van der Waals surface area contributed by atoms with Crippen molar-refractivity contribution in [1.82, 2.24) is 0 Å². The largest absolute Gasteiger partial charge is 0.322 e. The van der Waals surface area contributed by atoms with Gasteiger partial charge in [-0.2, -0.15) is 0 Å². The molecule has 0 aliphatic rings. The highest BCUT2D eigenvalue weighted by atomic mass is 15.3. The molecule has 0 amide bonds. The monoisotopic (exact) mass is 266 g/mol. The van der Waals surface area contributed by atoms with Crippen molar-refractivity contribution in [2.75, 3.05) is 27.2 Å². The maximum Gasteiger partial charge on any atom is 0.0972 e. The van der Waals surface area contributed by atoms with Crippen LogP contribution in [-0.4, -0.2) is 31.7 Å². The Labute approximate surface area is 122 Å². The molecule has 1 heteroatoms. The SMILES string of the molecule is CCCCC/C=C/C[N+](C)(C)C/C=C/CCCCC. The summed E-state index contributed by atoms with van der Waals surface area (Å²) in [6.45, 7) is 6.81. The molecule has 0 radical (unpaired) electrons. The summed E-state index contributed by atoms with van der Waals surface area (Å²) in [5, 5.41) is 0. The zero-order valence-corrected chi connectivity index (χ0v) is 13.8. The number of likely N-dealkylation sites (N-methyl/N-ethyl adjacent to an activating group) is 1. The summed E-state index contributed by atoms with van der Waals surface area (Å²) in [5.74, 6) is 0. The van der Waals surface area contributed by atoms with Gasteiger partial charge in [0, 0.05) is 0 Å². The van der Waals surface area contributed by atoms with E-state index in [0.29, 0.717) is 0 Å². The molecule has 0 spiro atoms. The fourth-order valence-electron chi connectivity index (χ4n) is 2.05. The third-order valence-electron chi connectivity index (χ3n) is 3.48. The van der Waals surface area contributed by atoms with Crippen molar-refractivity contribution in [3.8, 4) is 0 Å². The molecule has 0 atom stereocenters. The van der Waals surface area contributed by atoms with Gasteiger partial charge in [0.05, 0.1) is 27.2 Å². The molecule has 0 heterocycles. The molecule has 0 aliphatic heterocycles. The maximum absolute atomic E-state index is 2.36. The van der Waals surface area contributed by atoms with Crippen LogP contribution in [0.4, 0.5) is 0 Å². The van der Waals surface area contributed by atoms with Gasteiger partial charge in [0.25, 0.3) is 0 Å². The van der Waals surface area contributed by atoms with Gasteiger partial charge in [-0.3, -0.25) is 0 Å². The van der Waals surface area contributed by atoms with E-state index in [4.69, 9.17) is 0 Å². The number of hydrogen-bond donors (Lipinski definition) is 0. The van der Waals surface area contributed by atoms with Crippen LogP contribution in [0.2, 0.25) is 0 Å². The molecule has 1 nitrogen and oxygen atoms in total. The van der Waals surface area contributed by atoms with E-state index in [2.05, 4.69) is 52.2 Å². The summed E-state index contributed by atoms with van der Waals surface area (Å²) in [6, 6.07) is 0. The van der Waals surface area contributed by atoms with Crippen LogP contribution in [0.25, 0.3) is 0 Å². The molecule has 0 bridgehead atoms. The molecule has 0 N–H and O–H groups in total. The summed E-state index contributed by atoms with van der Waals surface area (Å²) >= 11 is 0. The van der Waals surface area contributed by atoms with Gasteiger partial charge in [-0.05, 0) is 37.8 Å². The Kier molecular flexibility index (Phi) is 12.1. The van der Waals surface area contributed by atoms with Crippen molar-refractivity contribution in [2.24, 2.45) is 0 Å². The first-order valence-corrected chi connectivity index (χ1v) is 8.24. The molecule has 19 heavy (non-hydrogen) atoms. The molecular formula is C18H36N+. The summed E-state index contributed by atoms with van der Waals surface area (Å²) < 4.78 is 1.06. The number of quaternary nitrogens is 1. The molecule has 0 rings (SSSR count). The Morgan fingerprint density at radius 2 is 1.05 bits per heavy atom. The van der Waals surface area contributed by atoms with Gasteiger partial charge < -0.3 is 4.48 Å². The molecular weight excluding hydrogens is 230 g/mol. The standard InChI is InChI=1S/C18H36N/c1-5-7-9-11-13-15-17-19(3,4)18-16-14-12-10-8-6-2/h13-16H,5-12,17-18H2,1-4H3/q+1/b15-13+,16-14+. The normalized spacial score (nSPS) is 12.8. The van der Waals surface area contributed by atoms with Gasteiger partial charge in [0.1, 0.15) is 0 Å². The summed E-state index contributed by atoms with van der Waals surface area (Å²) in [6.07, 6.45) is 20.0. The van der Waals surface area contributed by atoms with Crippen LogP contribution < -0.4 is 0 Å². The van der Waals surface area contributed by atoms with Gasteiger partial charge in [-0.25, -0.2) is 0 Å². The fourth-order valence-corrected chi connectivity index (χ4v) is 2.05. The molecule has 0 saturated heterocycles. The number of unbranched alkanes of at least 4 members (excludes halogenated alkanes) is 6. The van der Waals surface area contributed by atoms with Crippen LogP contribution >= 0.6 is 0 Å². The van der Waals surface area contributed by atoms with Crippen molar-refractivity contribution >= 4 is 0 Å². The average molecular weight is 266 g/mol. The minimum Gasteiger partial charge on any atom is -0.322 e. The molecule has 0 aromatic carbocycles.